The third-order valence-corrected chi connectivity index (χ3v) is 5.08. The molecule has 0 aliphatic carbocycles. The molecular formula is C20H24N6O2. The summed E-state index contributed by atoms with van der Waals surface area (Å²) in [5.41, 5.74) is 1.82. The fourth-order valence-electron chi connectivity index (χ4n) is 3.47. The van der Waals surface area contributed by atoms with Gasteiger partial charge in [0.25, 0.3) is 0 Å². The van der Waals surface area contributed by atoms with E-state index < -0.39 is 5.69 Å². The Morgan fingerprint density at radius 3 is 2.71 bits per heavy atom. The van der Waals surface area contributed by atoms with Crippen molar-refractivity contribution in [3.05, 3.63) is 64.2 Å². The number of piperazine rings is 1. The van der Waals surface area contributed by atoms with Crippen molar-refractivity contribution in [1.29, 1.82) is 0 Å². The largest absolute Gasteiger partial charge is 0.422 e. The molecule has 2 N–H and O–H groups in total. The van der Waals surface area contributed by atoms with E-state index in [1.165, 1.54) is 11.8 Å². The van der Waals surface area contributed by atoms with E-state index in [2.05, 4.69) is 50.3 Å². The molecule has 0 bridgehead atoms. The number of benzene rings is 1. The highest BCUT2D eigenvalue weighted by Gasteiger charge is 2.14. The van der Waals surface area contributed by atoms with Gasteiger partial charge in [-0.1, -0.05) is 24.3 Å². The second kappa shape index (κ2) is 7.95. The number of nitrogens with zero attached hydrogens (tertiary/aromatic N) is 5. The summed E-state index contributed by atoms with van der Waals surface area (Å²) in [6, 6.07) is 11.9. The van der Waals surface area contributed by atoms with Crippen LogP contribution in [0, 0.1) is 0 Å². The maximum absolute atomic E-state index is 11.9. The van der Waals surface area contributed by atoms with Gasteiger partial charge in [0, 0.05) is 45.5 Å². The molecule has 146 valence electrons. The van der Waals surface area contributed by atoms with Gasteiger partial charge in [0.2, 0.25) is 0 Å². The van der Waals surface area contributed by atoms with E-state index >= 15 is 0 Å². The van der Waals surface area contributed by atoms with Gasteiger partial charge < -0.3 is 15.4 Å². The molecule has 8 heteroatoms. The molecule has 0 radical (unpaired) electrons. The number of anilines is 1. The van der Waals surface area contributed by atoms with Crippen LogP contribution in [0.15, 0.2) is 47.4 Å². The van der Waals surface area contributed by atoms with Crippen LogP contribution in [0.1, 0.15) is 11.1 Å². The van der Waals surface area contributed by atoms with E-state index in [0.717, 1.165) is 38.3 Å². The summed E-state index contributed by atoms with van der Waals surface area (Å²) >= 11 is 0. The van der Waals surface area contributed by atoms with Crippen LogP contribution in [0.3, 0.4) is 0 Å². The van der Waals surface area contributed by atoms with Gasteiger partial charge in [-0.05, 0) is 30.3 Å². The SMILES string of the molecule is CN1CCN(Cc2cccc(CNc3nc(=O)n(O)c4ncccc34)c2)CC1. The number of hydrogen-bond acceptors (Lipinski definition) is 7. The lowest BCUT2D eigenvalue weighted by molar-refractivity contribution is 0.148. The Hall–Kier alpha value is -2.97. The summed E-state index contributed by atoms with van der Waals surface area (Å²) in [5.74, 6) is 0.419. The predicted octanol–water partition coefficient (Wildman–Crippen LogP) is 1.39. The van der Waals surface area contributed by atoms with Crippen LogP contribution < -0.4 is 11.0 Å². The quantitative estimate of drug-likeness (QED) is 0.647. The minimum atomic E-state index is -0.752. The van der Waals surface area contributed by atoms with Crippen LogP contribution in [0.25, 0.3) is 11.0 Å². The summed E-state index contributed by atoms with van der Waals surface area (Å²) in [7, 11) is 2.16. The molecule has 4 rings (SSSR count). The Kier molecular flexibility index (Phi) is 5.23. The first-order chi connectivity index (χ1) is 13.6. The van der Waals surface area contributed by atoms with Crippen LogP contribution in [-0.4, -0.2) is 62.9 Å². The van der Waals surface area contributed by atoms with E-state index in [0.29, 0.717) is 22.5 Å². The Labute approximate surface area is 163 Å². The lowest BCUT2D eigenvalue weighted by Crippen LogP contribution is -2.43. The molecule has 0 saturated carbocycles. The lowest BCUT2D eigenvalue weighted by atomic mass is 10.1. The first kappa shape index (κ1) is 18.4. The number of likely N-dealkylation sites (N-methyl/N-ethyl adjacent to an activating group) is 1. The zero-order valence-electron chi connectivity index (χ0n) is 15.9. The van der Waals surface area contributed by atoms with Crippen LogP contribution >= 0.6 is 0 Å². The molecule has 8 nitrogen and oxygen atoms in total. The molecule has 1 aliphatic heterocycles. The van der Waals surface area contributed by atoms with Gasteiger partial charge in [-0.2, -0.15) is 4.98 Å². The second-order valence-electron chi connectivity index (χ2n) is 7.18. The van der Waals surface area contributed by atoms with Crippen molar-refractivity contribution in [2.45, 2.75) is 13.1 Å². The van der Waals surface area contributed by atoms with Gasteiger partial charge in [0.1, 0.15) is 5.82 Å². The zero-order valence-corrected chi connectivity index (χ0v) is 15.9. The maximum Gasteiger partial charge on any atom is 0.384 e. The molecule has 0 amide bonds. The zero-order chi connectivity index (χ0) is 19.5. The average molecular weight is 380 g/mol. The normalized spacial score (nSPS) is 15.8. The van der Waals surface area contributed by atoms with Crippen molar-refractivity contribution < 1.29 is 5.21 Å². The maximum atomic E-state index is 11.9. The third-order valence-electron chi connectivity index (χ3n) is 5.08. The molecule has 2 aromatic heterocycles. The monoisotopic (exact) mass is 380 g/mol. The molecule has 0 unspecified atom stereocenters. The Bertz CT molecular complexity index is 1030. The summed E-state index contributed by atoms with van der Waals surface area (Å²) in [4.78, 5) is 24.7. The van der Waals surface area contributed by atoms with Crippen molar-refractivity contribution in [3.8, 4) is 0 Å². The predicted molar refractivity (Wildman–Crippen MR) is 108 cm³/mol. The molecule has 1 aromatic carbocycles. The Balaban J connectivity index is 1.48. The number of pyridine rings is 1. The van der Waals surface area contributed by atoms with Crippen LogP contribution in [-0.2, 0) is 13.1 Å². The van der Waals surface area contributed by atoms with Crippen LogP contribution in [0.5, 0.6) is 0 Å². The lowest BCUT2D eigenvalue weighted by Gasteiger charge is -2.32. The first-order valence-electron chi connectivity index (χ1n) is 9.40. The van der Waals surface area contributed by atoms with E-state index in [-0.39, 0.29) is 5.65 Å². The average Bonchev–Trinajstić information content (AvgIpc) is 2.72. The van der Waals surface area contributed by atoms with Crippen molar-refractivity contribution in [2.75, 3.05) is 38.5 Å². The first-order valence-corrected chi connectivity index (χ1v) is 9.40. The highest BCUT2D eigenvalue weighted by atomic mass is 16.5. The highest BCUT2D eigenvalue weighted by Crippen LogP contribution is 2.18. The van der Waals surface area contributed by atoms with E-state index in [9.17, 15) is 10.0 Å². The number of aromatic nitrogens is 3. The van der Waals surface area contributed by atoms with Crippen LogP contribution in [0.4, 0.5) is 5.82 Å². The standard InChI is InChI=1S/C20H24N6O2/c1-24-8-10-25(11-9-24)14-16-5-2-4-15(12-16)13-22-18-17-6-3-7-21-19(17)26(28)20(27)23-18/h2-7,12,28H,8-11,13-14H2,1H3,(H,22,23,27). The van der Waals surface area contributed by atoms with E-state index in [4.69, 9.17) is 0 Å². The summed E-state index contributed by atoms with van der Waals surface area (Å²) in [6.45, 7) is 5.84. The van der Waals surface area contributed by atoms with Gasteiger partial charge >= 0.3 is 5.69 Å². The molecule has 28 heavy (non-hydrogen) atoms. The summed E-state index contributed by atoms with van der Waals surface area (Å²) in [6.07, 6.45) is 1.53. The Morgan fingerprint density at radius 2 is 1.89 bits per heavy atom. The minimum absolute atomic E-state index is 0.189. The minimum Gasteiger partial charge on any atom is -0.422 e. The fourth-order valence-corrected chi connectivity index (χ4v) is 3.47. The van der Waals surface area contributed by atoms with Gasteiger partial charge in [-0.3, -0.25) is 4.90 Å². The van der Waals surface area contributed by atoms with Crippen molar-refractivity contribution >= 4 is 16.9 Å². The van der Waals surface area contributed by atoms with E-state index in [1.807, 2.05) is 6.07 Å². The van der Waals surface area contributed by atoms with Crippen LogP contribution in [0.2, 0.25) is 0 Å². The van der Waals surface area contributed by atoms with Crippen molar-refractivity contribution in [3.63, 3.8) is 0 Å². The fraction of sp³-hybridized carbons (Fsp3) is 0.350. The molecular weight excluding hydrogens is 356 g/mol. The number of nitrogens with one attached hydrogen (secondary N) is 1. The molecule has 3 aromatic rings. The molecule has 1 fully saturated rings. The smallest absolute Gasteiger partial charge is 0.384 e. The summed E-state index contributed by atoms with van der Waals surface area (Å²) < 4.78 is 0.469. The molecule has 0 spiro atoms. The van der Waals surface area contributed by atoms with Crippen molar-refractivity contribution in [1.82, 2.24) is 24.5 Å². The van der Waals surface area contributed by atoms with Gasteiger partial charge in [0.15, 0.2) is 5.65 Å². The number of fused-ring (bicyclic) bond motifs is 1. The molecule has 3 heterocycles. The number of hydrogen-bond donors (Lipinski definition) is 2. The second-order valence-corrected chi connectivity index (χ2v) is 7.18. The third kappa shape index (κ3) is 3.97. The summed E-state index contributed by atoms with van der Waals surface area (Å²) in [5, 5.41) is 13.6. The van der Waals surface area contributed by atoms with Gasteiger partial charge in [-0.25, -0.2) is 9.78 Å². The molecule has 1 aliphatic rings. The van der Waals surface area contributed by atoms with Crippen molar-refractivity contribution in [2.24, 2.45) is 0 Å². The van der Waals surface area contributed by atoms with Gasteiger partial charge in [0.05, 0.1) is 5.39 Å². The van der Waals surface area contributed by atoms with Gasteiger partial charge in [-0.15, -0.1) is 4.73 Å². The Morgan fingerprint density at radius 1 is 1.11 bits per heavy atom. The molecule has 0 atom stereocenters. The highest BCUT2D eigenvalue weighted by molar-refractivity contribution is 5.86. The topological polar surface area (TPSA) is 86.5 Å². The molecule has 1 saturated heterocycles. The number of rotatable bonds is 5. The van der Waals surface area contributed by atoms with E-state index in [1.54, 1.807) is 12.1 Å².